The second-order valence-electron chi connectivity index (χ2n) is 4.61. The van der Waals surface area contributed by atoms with Crippen molar-refractivity contribution >= 4 is 31.9 Å². The third kappa shape index (κ3) is 4.29. The molecule has 122 valence electrons. The van der Waals surface area contributed by atoms with Crippen molar-refractivity contribution in [3.63, 3.8) is 0 Å². The van der Waals surface area contributed by atoms with Crippen LogP contribution in [-0.4, -0.2) is 17.6 Å². The Bertz CT molecular complexity index is 775. The first-order valence-electron chi connectivity index (χ1n) is 6.65. The number of halogens is 4. The summed E-state index contributed by atoms with van der Waals surface area (Å²) >= 11 is 6.48. The van der Waals surface area contributed by atoms with Crippen molar-refractivity contribution in [2.45, 2.75) is 13.0 Å². The van der Waals surface area contributed by atoms with E-state index in [0.29, 0.717) is 28.1 Å². The van der Waals surface area contributed by atoms with E-state index in [4.69, 9.17) is 4.74 Å². The highest BCUT2D eigenvalue weighted by atomic mass is 79.9. The Morgan fingerprint density at radius 2 is 1.96 bits per heavy atom. The summed E-state index contributed by atoms with van der Waals surface area (Å²) in [7, 11) is 0. The van der Waals surface area contributed by atoms with E-state index in [1.54, 1.807) is 36.4 Å². The monoisotopic (exact) mass is 447 g/mol. The molecule has 0 atom stereocenters. The molecule has 0 saturated carbocycles. The van der Waals surface area contributed by atoms with E-state index in [1.165, 1.54) is 0 Å². The normalized spacial score (nSPS) is 10.8. The van der Waals surface area contributed by atoms with Crippen LogP contribution in [0, 0.1) is 0 Å². The fourth-order valence-corrected chi connectivity index (χ4v) is 2.96. The van der Waals surface area contributed by atoms with Gasteiger partial charge in [0.05, 0.1) is 16.7 Å². The minimum Gasteiger partial charge on any atom is -0.490 e. The number of benzene rings is 1. The van der Waals surface area contributed by atoms with Crippen molar-refractivity contribution in [2.75, 3.05) is 6.61 Å². The molecule has 0 aliphatic rings. The summed E-state index contributed by atoms with van der Waals surface area (Å²) in [6.07, 6.45) is -1.01. The van der Waals surface area contributed by atoms with Gasteiger partial charge in [-0.15, -0.1) is 0 Å². The van der Waals surface area contributed by atoms with E-state index in [2.05, 4.69) is 38.4 Å². The highest BCUT2D eigenvalue weighted by Gasteiger charge is 2.15. The van der Waals surface area contributed by atoms with Crippen molar-refractivity contribution < 1.29 is 13.5 Å². The third-order valence-corrected chi connectivity index (χ3v) is 4.29. The lowest BCUT2D eigenvalue weighted by Crippen LogP contribution is -2.25. The van der Waals surface area contributed by atoms with Crippen LogP contribution in [0.15, 0.2) is 56.7 Å². The Balaban J connectivity index is 2.51. The number of hydrogen-bond donors (Lipinski definition) is 0. The van der Waals surface area contributed by atoms with Crippen LogP contribution in [0.4, 0.5) is 8.78 Å². The molecule has 7 heteroatoms. The number of hydrogen-bond acceptors (Lipinski definition) is 2. The highest BCUT2D eigenvalue weighted by molar-refractivity contribution is 9.10. The van der Waals surface area contributed by atoms with Crippen LogP contribution >= 0.6 is 31.9 Å². The third-order valence-electron chi connectivity index (χ3n) is 3.03. The maximum Gasteiger partial charge on any atom is 0.265 e. The number of rotatable bonds is 6. The van der Waals surface area contributed by atoms with Gasteiger partial charge in [-0.3, -0.25) is 4.79 Å². The Morgan fingerprint density at radius 1 is 1.22 bits per heavy atom. The zero-order valence-corrected chi connectivity index (χ0v) is 15.1. The lowest BCUT2D eigenvalue weighted by Gasteiger charge is -2.15. The minimum absolute atomic E-state index is 0.240. The predicted molar refractivity (Wildman–Crippen MR) is 93.2 cm³/mol. The lowest BCUT2D eigenvalue weighted by molar-refractivity contribution is 0.126. The van der Waals surface area contributed by atoms with Crippen LogP contribution < -0.4 is 10.3 Å². The molecule has 1 aromatic heterocycles. The van der Waals surface area contributed by atoms with E-state index < -0.39 is 18.5 Å². The van der Waals surface area contributed by atoms with Crippen molar-refractivity contribution in [3.05, 3.63) is 62.3 Å². The number of pyridine rings is 1. The van der Waals surface area contributed by atoms with Crippen LogP contribution in [0.1, 0.15) is 0 Å². The first-order valence-corrected chi connectivity index (χ1v) is 8.23. The molecule has 0 N–H and O–H groups in total. The zero-order chi connectivity index (χ0) is 17.0. The molecule has 0 bridgehead atoms. The molecule has 2 rings (SSSR count). The Hall–Kier alpha value is -1.47. The van der Waals surface area contributed by atoms with Crippen molar-refractivity contribution in [1.82, 2.24) is 4.57 Å². The van der Waals surface area contributed by atoms with Gasteiger partial charge in [0.15, 0.2) is 0 Å². The SMILES string of the molecule is C=CCOc1ccc(-c2ccc(Br)c(=O)n2CC(F)F)c(Br)c1. The highest BCUT2D eigenvalue weighted by Crippen LogP contribution is 2.31. The fraction of sp³-hybridized carbons (Fsp3) is 0.188. The predicted octanol–water partition coefficient (Wildman–Crippen LogP) is 4.87. The van der Waals surface area contributed by atoms with Gasteiger partial charge in [-0.2, -0.15) is 0 Å². The van der Waals surface area contributed by atoms with Crippen molar-refractivity contribution in [3.8, 4) is 17.0 Å². The molecule has 0 radical (unpaired) electrons. The molecular weight excluding hydrogens is 436 g/mol. The summed E-state index contributed by atoms with van der Waals surface area (Å²) in [6, 6.07) is 8.32. The summed E-state index contributed by atoms with van der Waals surface area (Å²) in [4.78, 5) is 12.1. The number of nitrogens with zero attached hydrogens (tertiary/aromatic N) is 1. The maximum atomic E-state index is 12.8. The smallest absolute Gasteiger partial charge is 0.265 e. The maximum absolute atomic E-state index is 12.8. The van der Waals surface area contributed by atoms with Crippen LogP contribution in [0.5, 0.6) is 5.75 Å². The molecule has 0 saturated heterocycles. The molecule has 0 fully saturated rings. The molecule has 0 aliphatic heterocycles. The molecular formula is C16H13Br2F2NO2. The quantitative estimate of drug-likeness (QED) is 0.590. The fourth-order valence-electron chi connectivity index (χ4n) is 2.05. The first kappa shape index (κ1) is 17.9. The van der Waals surface area contributed by atoms with Gasteiger partial charge in [0.2, 0.25) is 0 Å². The number of alkyl halides is 2. The van der Waals surface area contributed by atoms with E-state index in [-0.39, 0.29) is 4.47 Å². The molecule has 1 heterocycles. The van der Waals surface area contributed by atoms with Gasteiger partial charge >= 0.3 is 0 Å². The van der Waals surface area contributed by atoms with Gasteiger partial charge in [-0.05, 0) is 62.2 Å². The summed E-state index contributed by atoms with van der Waals surface area (Å²) < 4.78 is 33.0. The molecule has 2 aromatic rings. The minimum atomic E-state index is -2.63. The summed E-state index contributed by atoms with van der Waals surface area (Å²) in [5.74, 6) is 0.611. The molecule has 23 heavy (non-hydrogen) atoms. The van der Waals surface area contributed by atoms with Crippen molar-refractivity contribution in [1.29, 1.82) is 0 Å². The Morgan fingerprint density at radius 3 is 2.57 bits per heavy atom. The molecule has 0 amide bonds. The van der Waals surface area contributed by atoms with E-state index in [9.17, 15) is 13.6 Å². The van der Waals surface area contributed by atoms with Crippen molar-refractivity contribution in [2.24, 2.45) is 0 Å². The van der Waals surface area contributed by atoms with Crippen LogP contribution in [0.2, 0.25) is 0 Å². The van der Waals surface area contributed by atoms with Gasteiger partial charge in [0.1, 0.15) is 12.4 Å². The lowest BCUT2D eigenvalue weighted by atomic mass is 10.1. The van der Waals surface area contributed by atoms with Crippen LogP contribution in [0.3, 0.4) is 0 Å². The Kier molecular flexibility index (Phi) is 6.12. The van der Waals surface area contributed by atoms with E-state index >= 15 is 0 Å². The number of ether oxygens (including phenoxy) is 1. The van der Waals surface area contributed by atoms with Gasteiger partial charge in [-0.25, -0.2) is 8.78 Å². The molecule has 0 aliphatic carbocycles. The molecule has 3 nitrogen and oxygen atoms in total. The van der Waals surface area contributed by atoms with Gasteiger partial charge in [0, 0.05) is 10.0 Å². The van der Waals surface area contributed by atoms with Gasteiger partial charge < -0.3 is 9.30 Å². The second-order valence-corrected chi connectivity index (χ2v) is 6.32. The average molecular weight is 449 g/mol. The number of aromatic nitrogens is 1. The van der Waals surface area contributed by atoms with E-state index in [1.807, 2.05) is 0 Å². The van der Waals surface area contributed by atoms with E-state index in [0.717, 1.165) is 4.57 Å². The average Bonchev–Trinajstić information content (AvgIpc) is 2.50. The van der Waals surface area contributed by atoms with Crippen LogP contribution in [-0.2, 0) is 6.54 Å². The molecule has 1 aromatic carbocycles. The standard InChI is InChI=1S/C16H13Br2F2NO2/c1-2-7-23-10-3-4-11(13(18)8-10)14-6-5-12(17)16(22)21(14)9-15(19)20/h2-6,8,15H,1,7,9H2. The van der Waals surface area contributed by atoms with Crippen LogP contribution in [0.25, 0.3) is 11.3 Å². The largest absolute Gasteiger partial charge is 0.490 e. The summed E-state index contributed by atoms with van der Waals surface area (Å²) in [6.45, 7) is 3.26. The molecule has 0 unspecified atom stereocenters. The second kappa shape index (κ2) is 7.88. The summed E-state index contributed by atoms with van der Waals surface area (Å²) in [5.41, 5.74) is 0.531. The van der Waals surface area contributed by atoms with Gasteiger partial charge in [-0.1, -0.05) is 12.7 Å². The zero-order valence-electron chi connectivity index (χ0n) is 11.9. The first-order chi connectivity index (χ1) is 10.9. The van der Waals surface area contributed by atoms with Gasteiger partial charge in [0.25, 0.3) is 12.0 Å². The molecule has 0 spiro atoms. The summed E-state index contributed by atoms with van der Waals surface area (Å²) in [5, 5.41) is 0. The Labute approximate surface area is 148 Å². The topological polar surface area (TPSA) is 31.2 Å².